The second-order valence-corrected chi connectivity index (χ2v) is 6.23. The molecule has 3 heterocycles. The number of ether oxygens (including phenoxy) is 2. The Hall–Kier alpha value is -1.98. The Morgan fingerprint density at radius 2 is 2.00 bits per heavy atom. The first-order chi connectivity index (χ1) is 11.4. The molecular weight excluding hydrogens is 290 g/mol. The fourth-order valence-corrected chi connectivity index (χ4v) is 3.54. The highest BCUT2D eigenvalue weighted by Crippen LogP contribution is 2.38. The third kappa shape index (κ3) is 2.94. The molecule has 0 unspecified atom stereocenters. The van der Waals surface area contributed by atoms with Gasteiger partial charge in [0.1, 0.15) is 11.7 Å². The van der Waals surface area contributed by atoms with E-state index < -0.39 is 0 Å². The summed E-state index contributed by atoms with van der Waals surface area (Å²) in [4.78, 5) is 10.9. The molecule has 0 amide bonds. The van der Waals surface area contributed by atoms with Crippen molar-refractivity contribution in [3.05, 3.63) is 54.4 Å². The number of nitrogens with zero attached hydrogens (tertiary/aromatic N) is 3. The second-order valence-electron chi connectivity index (χ2n) is 6.23. The maximum Gasteiger partial charge on any atom is 0.225 e. The van der Waals surface area contributed by atoms with E-state index in [1.807, 2.05) is 24.3 Å². The van der Waals surface area contributed by atoms with Crippen LogP contribution in [0.15, 0.2) is 48.8 Å². The van der Waals surface area contributed by atoms with Crippen LogP contribution in [0.25, 0.3) is 0 Å². The number of anilines is 1. The summed E-state index contributed by atoms with van der Waals surface area (Å²) in [5.74, 6) is 0.758. The van der Waals surface area contributed by atoms with Gasteiger partial charge < -0.3 is 14.4 Å². The Labute approximate surface area is 136 Å². The zero-order valence-corrected chi connectivity index (χ0v) is 13.1. The van der Waals surface area contributed by atoms with Crippen LogP contribution in [-0.4, -0.2) is 41.4 Å². The third-order valence-electron chi connectivity index (χ3n) is 4.69. The minimum atomic E-state index is -0.214. The predicted octanol–water partition coefficient (Wildman–Crippen LogP) is 2.43. The molecule has 4 rings (SSSR count). The summed E-state index contributed by atoms with van der Waals surface area (Å²) in [5.41, 5.74) is 0.976. The number of hydrogen-bond acceptors (Lipinski definition) is 5. The molecule has 0 N–H and O–H groups in total. The molecule has 1 spiro atoms. The monoisotopic (exact) mass is 311 g/mol. The van der Waals surface area contributed by atoms with Crippen LogP contribution in [0.1, 0.15) is 18.4 Å². The molecule has 2 fully saturated rings. The summed E-state index contributed by atoms with van der Waals surface area (Å²) in [7, 11) is 0. The summed E-state index contributed by atoms with van der Waals surface area (Å²) >= 11 is 0. The van der Waals surface area contributed by atoms with E-state index >= 15 is 0 Å². The molecule has 5 heteroatoms. The van der Waals surface area contributed by atoms with Crippen LogP contribution in [0, 0.1) is 0 Å². The SMILES string of the molecule is c1ccc(CO[C@H]2CN(c3ncccn3)C[C@@]23CCCO3)cc1. The van der Waals surface area contributed by atoms with E-state index in [2.05, 4.69) is 27.0 Å². The largest absolute Gasteiger partial charge is 0.370 e. The molecule has 5 nitrogen and oxygen atoms in total. The Morgan fingerprint density at radius 1 is 1.17 bits per heavy atom. The first kappa shape index (κ1) is 14.6. The fraction of sp³-hybridized carbons (Fsp3) is 0.444. The van der Waals surface area contributed by atoms with Gasteiger partial charge in [-0.15, -0.1) is 0 Å². The Balaban J connectivity index is 1.50. The smallest absolute Gasteiger partial charge is 0.225 e. The fourth-order valence-electron chi connectivity index (χ4n) is 3.54. The van der Waals surface area contributed by atoms with Crippen molar-refractivity contribution in [1.29, 1.82) is 0 Å². The van der Waals surface area contributed by atoms with Gasteiger partial charge in [-0.1, -0.05) is 30.3 Å². The van der Waals surface area contributed by atoms with Gasteiger partial charge in [-0.2, -0.15) is 0 Å². The molecule has 120 valence electrons. The molecule has 0 radical (unpaired) electrons. The summed E-state index contributed by atoms with van der Waals surface area (Å²) in [5, 5.41) is 0. The van der Waals surface area contributed by atoms with Crippen molar-refractivity contribution < 1.29 is 9.47 Å². The molecule has 2 aromatic rings. The van der Waals surface area contributed by atoms with Crippen LogP contribution in [0.3, 0.4) is 0 Å². The van der Waals surface area contributed by atoms with E-state index in [0.29, 0.717) is 6.61 Å². The lowest BCUT2D eigenvalue weighted by molar-refractivity contribution is -0.0957. The lowest BCUT2D eigenvalue weighted by Crippen LogP contribution is -2.42. The lowest BCUT2D eigenvalue weighted by atomic mass is 9.96. The van der Waals surface area contributed by atoms with Gasteiger partial charge in [0.05, 0.1) is 19.7 Å². The quantitative estimate of drug-likeness (QED) is 0.868. The molecule has 2 aliphatic rings. The molecule has 2 atom stereocenters. The van der Waals surface area contributed by atoms with Crippen molar-refractivity contribution in [2.75, 3.05) is 24.6 Å². The van der Waals surface area contributed by atoms with Crippen LogP contribution < -0.4 is 4.90 Å². The van der Waals surface area contributed by atoms with Gasteiger partial charge >= 0.3 is 0 Å². The Morgan fingerprint density at radius 3 is 2.74 bits per heavy atom. The summed E-state index contributed by atoms with van der Waals surface area (Å²) in [6, 6.07) is 12.1. The zero-order valence-electron chi connectivity index (χ0n) is 13.1. The van der Waals surface area contributed by atoms with E-state index in [0.717, 1.165) is 38.5 Å². The summed E-state index contributed by atoms with van der Waals surface area (Å²) < 4.78 is 12.4. The molecule has 0 aliphatic carbocycles. The van der Waals surface area contributed by atoms with Crippen molar-refractivity contribution in [2.24, 2.45) is 0 Å². The average Bonchev–Trinajstić information content (AvgIpc) is 3.23. The van der Waals surface area contributed by atoms with Crippen molar-refractivity contribution in [2.45, 2.75) is 31.2 Å². The highest BCUT2D eigenvalue weighted by Gasteiger charge is 2.51. The molecule has 1 aromatic carbocycles. The van der Waals surface area contributed by atoms with E-state index in [4.69, 9.17) is 9.47 Å². The second kappa shape index (κ2) is 6.26. The minimum absolute atomic E-state index is 0.0500. The minimum Gasteiger partial charge on any atom is -0.370 e. The normalized spacial score (nSPS) is 27.0. The van der Waals surface area contributed by atoms with Gasteiger partial charge in [0.25, 0.3) is 0 Å². The first-order valence-electron chi connectivity index (χ1n) is 8.17. The standard InChI is InChI=1S/C18H21N3O2/c1-2-6-15(7-3-1)13-22-16-12-21(17-19-9-5-10-20-17)14-18(16)8-4-11-23-18/h1-3,5-7,9-10,16H,4,8,11-14H2/t16-,18-/m0/s1. The maximum absolute atomic E-state index is 6.26. The van der Waals surface area contributed by atoms with Crippen molar-refractivity contribution in [3.8, 4) is 0 Å². The number of rotatable bonds is 4. The van der Waals surface area contributed by atoms with E-state index in [9.17, 15) is 0 Å². The molecule has 23 heavy (non-hydrogen) atoms. The van der Waals surface area contributed by atoms with Crippen LogP contribution in [0.5, 0.6) is 0 Å². The molecule has 2 saturated heterocycles. The Kier molecular flexibility index (Phi) is 3.97. The van der Waals surface area contributed by atoms with Gasteiger partial charge in [0.15, 0.2) is 0 Å². The van der Waals surface area contributed by atoms with Crippen LogP contribution in [-0.2, 0) is 16.1 Å². The van der Waals surface area contributed by atoms with Crippen LogP contribution in [0.2, 0.25) is 0 Å². The molecular formula is C18H21N3O2. The molecule has 0 bridgehead atoms. The van der Waals surface area contributed by atoms with E-state index in [1.54, 1.807) is 12.4 Å². The van der Waals surface area contributed by atoms with Gasteiger partial charge in [-0.25, -0.2) is 9.97 Å². The van der Waals surface area contributed by atoms with Crippen molar-refractivity contribution in [1.82, 2.24) is 9.97 Å². The molecule has 1 aromatic heterocycles. The van der Waals surface area contributed by atoms with E-state index in [-0.39, 0.29) is 11.7 Å². The molecule has 2 aliphatic heterocycles. The molecule has 0 saturated carbocycles. The van der Waals surface area contributed by atoms with Crippen LogP contribution in [0.4, 0.5) is 5.95 Å². The summed E-state index contributed by atoms with van der Waals surface area (Å²) in [6.07, 6.45) is 5.74. The number of aromatic nitrogens is 2. The van der Waals surface area contributed by atoms with Crippen molar-refractivity contribution >= 4 is 5.95 Å². The summed E-state index contributed by atoms with van der Waals surface area (Å²) in [6.45, 7) is 3.00. The maximum atomic E-state index is 6.26. The highest BCUT2D eigenvalue weighted by atomic mass is 16.6. The number of hydrogen-bond donors (Lipinski definition) is 0. The van der Waals surface area contributed by atoms with Gasteiger partial charge in [0, 0.05) is 19.0 Å². The zero-order chi connectivity index (χ0) is 15.5. The Bertz CT molecular complexity index is 629. The first-order valence-corrected chi connectivity index (χ1v) is 8.17. The predicted molar refractivity (Wildman–Crippen MR) is 87.2 cm³/mol. The average molecular weight is 311 g/mol. The number of benzene rings is 1. The lowest BCUT2D eigenvalue weighted by Gasteiger charge is -2.28. The van der Waals surface area contributed by atoms with Gasteiger partial charge in [-0.05, 0) is 24.5 Å². The topological polar surface area (TPSA) is 47.5 Å². The van der Waals surface area contributed by atoms with Gasteiger partial charge in [0.2, 0.25) is 5.95 Å². The van der Waals surface area contributed by atoms with Gasteiger partial charge in [-0.3, -0.25) is 0 Å². The third-order valence-corrected chi connectivity index (χ3v) is 4.69. The van der Waals surface area contributed by atoms with E-state index in [1.165, 1.54) is 5.56 Å². The van der Waals surface area contributed by atoms with Crippen LogP contribution >= 0.6 is 0 Å². The highest BCUT2D eigenvalue weighted by molar-refractivity contribution is 5.34. The van der Waals surface area contributed by atoms with Crippen molar-refractivity contribution in [3.63, 3.8) is 0 Å².